The van der Waals surface area contributed by atoms with Crippen molar-refractivity contribution in [3.8, 4) is 11.3 Å². The molecule has 2 aromatic carbocycles. The smallest absolute Gasteiger partial charge is 0.337 e. The van der Waals surface area contributed by atoms with E-state index in [1.54, 1.807) is 0 Å². The van der Waals surface area contributed by atoms with Gasteiger partial charge in [-0.15, -0.1) is 0 Å². The molecule has 0 aliphatic heterocycles. The van der Waals surface area contributed by atoms with Crippen molar-refractivity contribution in [3.05, 3.63) is 65.4 Å². The van der Waals surface area contributed by atoms with Gasteiger partial charge in [0.1, 0.15) is 0 Å². The third-order valence-corrected chi connectivity index (χ3v) is 4.96. The minimum absolute atomic E-state index is 0.535. The first-order valence-electron chi connectivity index (χ1n) is 9.91. The Bertz CT molecular complexity index is 1250. The molecule has 0 bridgehead atoms. The number of carboxylic acids is 1. The third kappa shape index (κ3) is 3.55. The van der Waals surface area contributed by atoms with E-state index in [2.05, 4.69) is 9.97 Å². The largest absolute Gasteiger partial charge is 0.479 e. The number of aryl methyl sites for hydroxylation is 2. The Hall–Kier alpha value is -3.25. The lowest BCUT2D eigenvalue weighted by atomic mass is 9.98. The van der Waals surface area contributed by atoms with Crippen LogP contribution in [0.3, 0.4) is 0 Å². The van der Waals surface area contributed by atoms with Gasteiger partial charge < -0.3 is 9.84 Å². The molecular formula is C24H25N3O3. The van der Waals surface area contributed by atoms with E-state index in [0.29, 0.717) is 17.0 Å². The predicted octanol–water partition coefficient (Wildman–Crippen LogP) is 5.11. The molecule has 30 heavy (non-hydrogen) atoms. The number of carbonyl (C=O) groups is 1. The van der Waals surface area contributed by atoms with Gasteiger partial charge in [-0.2, -0.15) is 0 Å². The summed E-state index contributed by atoms with van der Waals surface area (Å²) < 4.78 is 7.95. The van der Waals surface area contributed by atoms with Gasteiger partial charge in [0.15, 0.2) is 6.10 Å². The number of aromatic nitrogens is 3. The maximum atomic E-state index is 12.3. The van der Waals surface area contributed by atoms with Crippen LogP contribution in [0.2, 0.25) is 0 Å². The van der Waals surface area contributed by atoms with Crippen LogP contribution in [0, 0.1) is 13.8 Å². The molecule has 2 aromatic heterocycles. The van der Waals surface area contributed by atoms with E-state index in [1.807, 2.05) is 87.6 Å². The minimum atomic E-state index is -1.17. The summed E-state index contributed by atoms with van der Waals surface area (Å²) in [4.78, 5) is 21.6. The molecular weight excluding hydrogens is 378 g/mol. The van der Waals surface area contributed by atoms with Gasteiger partial charge in [-0.05, 0) is 52.3 Å². The normalized spacial score (nSPS) is 13.1. The van der Waals surface area contributed by atoms with Gasteiger partial charge in [-0.1, -0.05) is 42.0 Å². The molecule has 0 spiro atoms. The van der Waals surface area contributed by atoms with E-state index in [9.17, 15) is 9.90 Å². The second kappa shape index (κ2) is 7.22. The molecule has 6 nitrogen and oxygen atoms in total. The van der Waals surface area contributed by atoms with Gasteiger partial charge in [0.2, 0.25) is 5.78 Å². The zero-order valence-electron chi connectivity index (χ0n) is 17.8. The fourth-order valence-electron chi connectivity index (χ4n) is 3.71. The van der Waals surface area contributed by atoms with Crippen LogP contribution in [-0.2, 0) is 9.53 Å². The fraction of sp³-hybridized carbons (Fsp3) is 0.292. The van der Waals surface area contributed by atoms with E-state index >= 15 is 0 Å². The molecule has 1 unspecified atom stereocenters. The number of ether oxygens (including phenoxy) is 1. The molecule has 6 heteroatoms. The average molecular weight is 403 g/mol. The lowest BCUT2D eigenvalue weighted by molar-refractivity contribution is -0.160. The van der Waals surface area contributed by atoms with Crippen LogP contribution in [0.1, 0.15) is 43.7 Å². The molecule has 1 atom stereocenters. The van der Waals surface area contributed by atoms with Crippen LogP contribution in [0.4, 0.5) is 0 Å². The number of hydrogen-bond acceptors (Lipinski definition) is 4. The molecule has 1 N–H and O–H groups in total. The van der Waals surface area contributed by atoms with Crippen molar-refractivity contribution in [2.75, 3.05) is 0 Å². The summed E-state index contributed by atoms with van der Waals surface area (Å²) in [6, 6.07) is 15.8. The van der Waals surface area contributed by atoms with Crippen molar-refractivity contribution in [1.82, 2.24) is 14.4 Å². The summed E-state index contributed by atoms with van der Waals surface area (Å²) in [6.07, 6.45) is -1.17. The standard InChI is InChI=1S/C24H25N3O3/c1-14-10-12-16(13-11-14)20-19(21(22(28)29)30-24(3,4)5)15(2)25-23-26-17-8-6-7-9-18(17)27(20)23/h6-13,21H,1-5H3,(H,28,29). The molecule has 2 heterocycles. The Morgan fingerprint density at radius 3 is 2.33 bits per heavy atom. The second-order valence-electron chi connectivity index (χ2n) is 8.51. The molecule has 0 saturated carbocycles. The molecule has 0 aliphatic carbocycles. The van der Waals surface area contributed by atoms with Gasteiger partial charge in [0.05, 0.1) is 22.3 Å². The van der Waals surface area contributed by atoms with Gasteiger partial charge in [-0.25, -0.2) is 14.8 Å². The summed E-state index contributed by atoms with van der Waals surface area (Å²) in [7, 11) is 0. The number of para-hydroxylation sites is 2. The SMILES string of the molecule is Cc1ccc(-c2c(C(OC(C)(C)C)C(=O)O)c(C)nc3nc4ccccc4n23)cc1. The number of benzene rings is 2. The Morgan fingerprint density at radius 2 is 1.70 bits per heavy atom. The predicted molar refractivity (Wildman–Crippen MR) is 117 cm³/mol. The maximum absolute atomic E-state index is 12.3. The summed E-state index contributed by atoms with van der Waals surface area (Å²) in [5, 5.41) is 10.1. The van der Waals surface area contributed by atoms with E-state index < -0.39 is 17.7 Å². The van der Waals surface area contributed by atoms with Gasteiger partial charge in [0.25, 0.3) is 0 Å². The maximum Gasteiger partial charge on any atom is 0.337 e. The van der Waals surface area contributed by atoms with Gasteiger partial charge >= 0.3 is 5.97 Å². The van der Waals surface area contributed by atoms with Crippen LogP contribution in [0.25, 0.3) is 28.1 Å². The second-order valence-corrected chi connectivity index (χ2v) is 8.51. The number of fused-ring (bicyclic) bond motifs is 3. The monoisotopic (exact) mass is 403 g/mol. The number of rotatable bonds is 4. The molecule has 0 fully saturated rings. The number of hydrogen-bond donors (Lipinski definition) is 1. The van der Waals surface area contributed by atoms with Crippen LogP contribution >= 0.6 is 0 Å². The minimum Gasteiger partial charge on any atom is -0.479 e. The highest BCUT2D eigenvalue weighted by Crippen LogP contribution is 2.36. The highest BCUT2D eigenvalue weighted by atomic mass is 16.5. The highest BCUT2D eigenvalue weighted by Gasteiger charge is 2.33. The summed E-state index contributed by atoms with van der Waals surface area (Å²) in [5.41, 5.74) is 4.91. The molecule has 4 aromatic rings. The van der Waals surface area contributed by atoms with E-state index in [0.717, 1.165) is 27.9 Å². The molecule has 0 saturated heterocycles. The zero-order chi connectivity index (χ0) is 21.6. The first kappa shape index (κ1) is 20.0. The van der Waals surface area contributed by atoms with Crippen molar-refractivity contribution < 1.29 is 14.6 Å². The van der Waals surface area contributed by atoms with Crippen LogP contribution in [0.5, 0.6) is 0 Å². The number of nitrogens with zero attached hydrogens (tertiary/aromatic N) is 3. The molecule has 0 amide bonds. The summed E-state index contributed by atoms with van der Waals surface area (Å²) in [6.45, 7) is 9.38. The lowest BCUT2D eigenvalue weighted by Gasteiger charge is -2.27. The number of carboxylic acid groups (broad SMARTS) is 1. The van der Waals surface area contributed by atoms with Crippen molar-refractivity contribution in [2.45, 2.75) is 46.3 Å². The van der Waals surface area contributed by atoms with Crippen LogP contribution in [0.15, 0.2) is 48.5 Å². The van der Waals surface area contributed by atoms with Crippen molar-refractivity contribution >= 4 is 22.8 Å². The average Bonchev–Trinajstić information content (AvgIpc) is 3.03. The van der Waals surface area contributed by atoms with E-state index in [-0.39, 0.29) is 0 Å². The summed E-state index contributed by atoms with van der Waals surface area (Å²) >= 11 is 0. The van der Waals surface area contributed by atoms with Gasteiger partial charge in [-0.3, -0.25) is 4.40 Å². The first-order valence-corrected chi connectivity index (χ1v) is 9.91. The highest BCUT2D eigenvalue weighted by molar-refractivity contribution is 5.86. The molecule has 0 radical (unpaired) electrons. The Labute approximate surface area is 175 Å². The first-order chi connectivity index (χ1) is 14.2. The topological polar surface area (TPSA) is 76.7 Å². The lowest BCUT2D eigenvalue weighted by Crippen LogP contribution is -2.29. The quantitative estimate of drug-likeness (QED) is 0.512. The molecule has 0 aliphatic rings. The van der Waals surface area contributed by atoms with Crippen LogP contribution in [-0.4, -0.2) is 31.0 Å². The van der Waals surface area contributed by atoms with E-state index in [4.69, 9.17) is 4.74 Å². The third-order valence-electron chi connectivity index (χ3n) is 4.96. The number of imidazole rings is 1. The van der Waals surface area contributed by atoms with Crippen molar-refractivity contribution in [2.24, 2.45) is 0 Å². The summed E-state index contributed by atoms with van der Waals surface area (Å²) in [5.74, 6) is -0.514. The zero-order valence-corrected chi connectivity index (χ0v) is 17.8. The van der Waals surface area contributed by atoms with Gasteiger partial charge in [0, 0.05) is 11.3 Å². The number of aliphatic carboxylic acids is 1. The van der Waals surface area contributed by atoms with E-state index in [1.165, 1.54) is 0 Å². The Kier molecular flexibility index (Phi) is 4.82. The Morgan fingerprint density at radius 1 is 1.03 bits per heavy atom. The molecule has 4 rings (SSSR count). The fourth-order valence-corrected chi connectivity index (χ4v) is 3.71. The van der Waals surface area contributed by atoms with Crippen molar-refractivity contribution in [3.63, 3.8) is 0 Å². The Balaban J connectivity index is 2.14. The molecule has 154 valence electrons. The van der Waals surface area contributed by atoms with Crippen LogP contribution < -0.4 is 0 Å². The van der Waals surface area contributed by atoms with Crippen molar-refractivity contribution in [1.29, 1.82) is 0 Å².